The van der Waals surface area contributed by atoms with Gasteiger partial charge in [0.2, 0.25) is 5.91 Å². The summed E-state index contributed by atoms with van der Waals surface area (Å²) in [5.74, 6) is 0.401. The number of nitrogens with zero attached hydrogens (tertiary/aromatic N) is 4. The van der Waals surface area contributed by atoms with Crippen LogP contribution >= 0.6 is 11.3 Å². The van der Waals surface area contributed by atoms with Gasteiger partial charge in [0, 0.05) is 50.4 Å². The molecule has 0 spiro atoms. The molecule has 1 amide bonds. The van der Waals surface area contributed by atoms with Gasteiger partial charge in [0.1, 0.15) is 5.82 Å². The SMILES string of the molecule is O=C(CCc1nc2ccccc2s1)N1CCC2C=NN=C(Cc3ccc(F)cc3)C2C1. The Morgan fingerprint density at radius 2 is 2.00 bits per heavy atom. The fourth-order valence-electron chi connectivity index (χ4n) is 4.37. The van der Waals surface area contributed by atoms with Gasteiger partial charge in [-0.1, -0.05) is 24.3 Å². The molecule has 1 aromatic heterocycles. The molecule has 5 nitrogen and oxygen atoms in total. The molecular weight excluding hydrogens is 411 g/mol. The van der Waals surface area contributed by atoms with Crippen LogP contribution in [-0.4, -0.2) is 40.8 Å². The molecule has 5 rings (SSSR count). The molecular formula is C24H23FN4OS. The third kappa shape index (κ3) is 4.42. The van der Waals surface area contributed by atoms with Crippen molar-refractivity contribution in [1.82, 2.24) is 9.88 Å². The zero-order chi connectivity index (χ0) is 21.2. The lowest BCUT2D eigenvalue weighted by atomic mass is 9.80. The maximum Gasteiger partial charge on any atom is 0.223 e. The van der Waals surface area contributed by atoms with Crippen LogP contribution in [-0.2, 0) is 17.6 Å². The molecule has 7 heteroatoms. The number of hydrogen-bond donors (Lipinski definition) is 0. The van der Waals surface area contributed by atoms with Crippen molar-refractivity contribution >= 4 is 39.4 Å². The molecule has 2 aliphatic rings. The Balaban J connectivity index is 1.23. The number of thiazole rings is 1. The quantitative estimate of drug-likeness (QED) is 0.593. The second kappa shape index (κ2) is 8.67. The minimum atomic E-state index is -0.243. The van der Waals surface area contributed by atoms with Gasteiger partial charge < -0.3 is 4.90 Å². The second-order valence-electron chi connectivity index (χ2n) is 8.13. The number of carbonyl (C=O) groups is 1. The van der Waals surface area contributed by atoms with E-state index in [9.17, 15) is 9.18 Å². The molecule has 1 fully saturated rings. The van der Waals surface area contributed by atoms with Crippen LogP contribution in [0.4, 0.5) is 4.39 Å². The first-order valence-corrected chi connectivity index (χ1v) is 11.4. The number of halogens is 1. The number of para-hydroxylation sites is 1. The lowest BCUT2D eigenvalue weighted by Crippen LogP contribution is -2.48. The summed E-state index contributed by atoms with van der Waals surface area (Å²) in [7, 11) is 0. The standard InChI is InChI=1S/C24H23FN4OS/c25-18-7-5-16(6-8-18)13-21-19-15-29(12-11-17(19)14-26-28-21)24(30)10-9-23-27-20-3-1-2-4-22(20)31-23/h1-8,14,17,19H,9-13,15H2. The number of piperidine rings is 1. The smallest absolute Gasteiger partial charge is 0.223 e. The zero-order valence-electron chi connectivity index (χ0n) is 17.1. The van der Waals surface area contributed by atoms with E-state index >= 15 is 0 Å². The van der Waals surface area contributed by atoms with Crippen LogP contribution < -0.4 is 0 Å². The summed E-state index contributed by atoms with van der Waals surface area (Å²) < 4.78 is 14.4. The van der Waals surface area contributed by atoms with E-state index in [4.69, 9.17) is 0 Å². The molecule has 0 bridgehead atoms. The van der Waals surface area contributed by atoms with Crippen molar-refractivity contribution in [2.45, 2.75) is 25.7 Å². The van der Waals surface area contributed by atoms with Crippen molar-refractivity contribution in [2.75, 3.05) is 13.1 Å². The lowest BCUT2D eigenvalue weighted by molar-refractivity contribution is -0.132. The number of aromatic nitrogens is 1. The Morgan fingerprint density at radius 3 is 2.84 bits per heavy atom. The van der Waals surface area contributed by atoms with E-state index < -0.39 is 0 Å². The number of carbonyl (C=O) groups excluding carboxylic acids is 1. The highest BCUT2D eigenvalue weighted by Gasteiger charge is 2.35. The van der Waals surface area contributed by atoms with Crippen LogP contribution in [0.2, 0.25) is 0 Å². The summed E-state index contributed by atoms with van der Waals surface area (Å²) in [6.45, 7) is 1.41. The average molecular weight is 435 g/mol. The third-order valence-electron chi connectivity index (χ3n) is 6.08. The Morgan fingerprint density at radius 1 is 1.16 bits per heavy atom. The first-order valence-electron chi connectivity index (χ1n) is 10.6. The van der Waals surface area contributed by atoms with E-state index in [1.54, 1.807) is 23.5 Å². The van der Waals surface area contributed by atoms with E-state index in [1.807, 2.05) is 29.3 Å². The summed E-state index contributed by atoms with van der Waals surface area (Å²) in [5, 5.41) is 9.60. The van der Waals surface area contributed by atoms with Crippen LogP contribution in [0, 0.1) is 17.7 Å². The van der Waals surface area contributed by atoms with Crippen LogP contribution in [0.3, 0.4) is 0 Å². The topological polar surface area (TPSA) is 57.9 Å². The van der Waals surface area contributed by atoms with Crippen molar-refractivity contribution in [3.05, 3.63) is 64.9 Å². The summed E-state index contributed by atoms with van der Waals surface area (Å²) >= 11 is 1.66. The number of aryl methyl sites for hydroxylation is 1. The monoisotopic (exact) mass is 434 g/mol. The Labute approximate surface area is 184 Å². The van der Waals surface area contributed by atoms with Crippen molar-refractivity contribution in [1.29, 1.82) is 0 Å². The van der Waals surface area contributed by atoms with Crippen molar-refractivity contribution in [2.24, 2.45) is 22.0 Å². The molecule has 158 valence electrons. The van der Waals surface area contributed by atoms with Gasteiger partial charge in [-0.3, -0.25) is 4.79 Å². The maximum atomic E-state index is 13.2. The average Bonchev–Trinajstić information content (AvgIpc) is 3.22. The van der Waals surface area contributed by atoms with E-state index in [2.05, 4.69) is 21.3 Å². The van der Waals surface area contributed by atoms with Gasteiger partial charge in [-0.25, -0.2) is 9.37 Å². The molecule has 0 aliphatic carbocycles. The summed E-state index contributed by atoms with van der Waals surface area (Å²) in [6, 6.07) is 14.6. The molecule has 2 aromatic carbocycles. The molecule has 3 aromatic rings. The van der Waals surface area contributed by atoms with E-state index in [1.165, 1.54) is 12.1 Å². The van der Waals surface area contributed by atoms with Crippen LogP contribution in [0.5, 0.6) is 0 Å². The van der Waals surface area contributed by atoms with Gasteiger partial charge in [-0.2, -0.15) is 10.2 Å². The van der Waals surface area contributed by atoms with Crippen LogP contribution in [0.25, 0.3) is 10.2 Å². The van der Waals surface area contributed by atoms with Gasteiger partial charge in [-0.05, 0) is 36.2 Å². The van der Waals surface area contributed by atoms with Gasteiger partial charge in [-0.15, -0.1) is 11.3 Å². The largest absolute Gasteiger partial charge is 0.342 e. The molecule has 1 saturated heterocycles. The fourth-order valence-corrected chi connectivity index (χ4v) is 5.34. The molecule has 0 N–H and O–H groups in total. The van der Waals surface area contributed by atoms with Crippen LogP contribution in [0.15, 0.2) is 58.7 Å². The van der Waals surface area contributed by atoms with E-state index in [0.29, 0.717) is 31.7 Å². The second-order valence-corrected chi connectivity index (χ2v) is 9.25. The van der Waals surface area contributed by atoms with Gasteiger partial charge in [0.15, 0.2) is 0 Å². The zero-order valence-corrected chi connectivity index (χ0v) is 17.9. The molecule has 0 radical (unpaired) electrons. The van der Waals surface area contributed by atoms with E-state index in [0.717, 1.165) is 39.5 Å². The minimum absolute atomic E-state index is 0.168. The van der Waals surface area contributed by atoms with E-state index in [-0.39, 0.29) is 17.6 Å². The van der Waals surface area contributed by atoms with Gasteiger partial charge in [0.25, 0.3) is 0 Å². The Kier molecular flexibility index (Phi) is 5.59. The summed E-state index contributed by atoms with van der Waals surface area (Å²) in [5.41, 5.74) is 2.98. The van der Waals surface area contributed by atoms with Gasteiger partial charge >= 0.3 is 0 Å². The highest BCUT2D eigenvalue weighted by Crippen LogP contribution is 2.29. The molecule has 2 aliphatic heterocycles. The maximum absolute atomic E-state index is 13.2. The molecule has 2 unspecified atom stereocenters. The first kappa shape index (κ1) is 20.0. The first-order chi connectivity index (χ1) is 15.2. The molecule has 2 atom stereocenters. The lowest BCUT2D eigenvalue weighted by Gasteiger charge is -2.38. The number of benzene rings is 2. The Hall–Kier alpha value is -2.93. The number of amides is 1. The Bertz CT molecular complexity index is 1120. The highest BCUT2D eigenvalue weighted by atomic mass is 32.1. The van der Waals surface area contributed by atoms with Crippen molar-refractivity contribution in [3.8, 4) is 0 Å². The fraction of sp³-hybridized carbons (Fsp3) is 0.333. The molecule has 0 saturated carbocycles. The minimum Gasteiger partial charge on any atom is -0.342 e. The van der Waals surface area contributed by atoms with Crippen molar-refractivity contribution in [3.63, 3.8) is 0 Å². The molecule has 3 heterocycles. The van der Waals surface area contributed by atoms with Gasteiger partial charge in [0.05, 0.1) is 20.9 Å². The predicted octanol–water partition coefficient (Wildman–Crippen LogP) is 4.52. The number of rotatable bonds is 5. The summed E-state index contributed by atoms with van der Waals surface area (Å²) in [4.78, 5) is 19.6. The normalized spacial score (nSPS) is 20.5. The predicted molar refractivity (Wildman–Crippen MR) is 122 cm³/mol. The van der Waals surface area contributed by atoms with Crippen LogP contribution in [0.1, 0.15) is 23.4 Å². The number of fused-ring (bicyclic) bond motifs is 2. The summed E-state index contributed by atoms with van der Waals surface area (Å²) in [6.07, 6.45) is 4.58. The highest BCUT2D eigenvalue weighted by molar-refractivity contribution is 7.18. The van der Waals surface area contributed by atoms with Crippen molar-refractivity contribution < 1.29 is 9.18 Å². The number of hydrogen-bond acceptors (Lipinski definition) is 5. The molecule has 31 heavy (non-hydrogen) atoms. The third-order valence-corrected chi connectivity index (χ3v) is 7.18. The number of likely N-dealkylation sites (tertiary alicyclic amines) is 1.